The number of carbonyl (C=O) groups is 1. The Hall–Kier alpha value is -2.21. The number of ether oxygens (including phenoxy) is 3. The number of allylic oxidation sites excluding steroid dienone is 1. The maximum Gasteiger partial charge on any atom is 0.311 e. The normalized spacial score (nSPS) is 23.0. The second-order valence-corrected chi connectivity index (χ2v) is 6.41. The molecule has 2 heterocycles. The molecule has 1 aromatic rings. The van der Waals surface area contributed by atoms with E-state index >= 15 is 0 Å². The molecule has 24 heavy (non-hydrogen) atoms. The van der Waals surface area contributed by atoms with Crippen LogP contribution in [0.25, 0.3) is 0 Å². The van der Waals surface area contributed by atoms with Crippen molar-refractivity contribution in [2.45, 2.75) is 25.8 Å². The van der Waals surface area contributed by atoms with E-state index in [1.54, 1.807) is 13.2 Å². The summed E-state index contributed by atoms with van der Waals surface area (Å²) in [6, 6.07) is 3.75. The second-order valence-electron chi connectivity index (χ2n) is 6.41. The molecule has 2 aliphatic rings. The molecule has 0 unspecified atom stereocenters. The minimum atomic E-state index is -0.746. The number of carboxylic acids is 1. The summed E-state index contributed by atoms with van der Waals surface area (Å²) < 4.78 is 16.3. The molecule has 1 aromatic carbocycles. The van der Waals surface area contributed by atoms with Crippen molar-refractivity contribution in [3.63, 3.8) is 0 Å². The van der Waals surface area contributed by atoms with Crippen LogP contribution in [-0.2, 0) is 11.3 Å². The van der Waals surface area contributed by atoms with Crippen LogP contribution in [0.2, 0.25) is 0 Å². The average molecular weight is 333 g/mol. The number of benzene rings is 1. The summed E-state index contributed by atoms with van der Waals surface area (Å²) in [7, 11) is 1.62. The minimum absolute atomic E-state index is 0.215. The number of nitrogens with zero attached hydrogens (tertiary/aromatic N) is 1. The summed E-state index contributed by atoms with van der Waals surface area (Å²) in [6.45, 7) is 5.93. The van der Waals surface area contributed by atoms with Crippen molar-refractivity contribution in [1.29, 1.82) is 0 Å². The first-order chi connectivity index (χ1) is 11.6. The third kappa shape index (κ3) is 3.06. The van der Waals surface area contributed by atoms with Crippen LogP contribution in [-0.4, -0.2) is 43.0 Å². The highest BCUT2D eigenvalue weighted by Gasteiger charge is 2.41. The first-order valence-corrected chi connectivity index (χ1v) is 8.11. The standard InChI is InChI=1S/C18H23NO5/c1-3-5-18(17(20)21)6-4-7-19(11-18)10-13-8-15-16(24-12-23-15)9-14(13)22-2/h3,8-9H,1,4-7,10-12H2,2H3,(H,20,21)/t18-/m0/s1. The summed E-state index contributed by atoms with van der Waals surface area (Å²) in [4.78, 5) is 14.0. The summed E-state index contributed by atoms with van der Waals surface area (Å²) in [5.41, 5.74) is 0.227. The molecule has 0 aliphatic carbocycles. The van der Waals surface area contributed by atoms with E-state index in [-0.39, 0.29) is 6.79 Å². The van der Waals surface area contributed by atoms with Crippen LogP contribution in [0.3, 0.4) is 0 Å². The van der Waals surface area contributed by atoms with Gasteiger partial charge in [0.15, 0.2) is 11.5 Å². The SMILES string of the molecule is C=CC[C@]1(C(=O)O)CCCN(Cc2cc3c(cc2OC)OCO3)C1. The summed E-state index contributed by atoms with van der Waals surface area (Å²) in [5.74, 6) is 1.37. The van der Waals surface area contributed by atoms with Crippen LogP contribution in [0.15, 0.2) is 24.8 Å². The Kier molecular flexibility index (Phi) is 4.66. The van der Waals surface area contributed by atoms with Crippen LogP contribution in [0, 0.1) is 5.41 Å². The summed E-state index contributed by atoms with van der Waals surface area (Å²) in [5, 5.41) is 9.70. The first kappa shape index (κ1) is 16.6. The molecular weight excluding hydrogens is 310 g/mol. The number of fused-ring (bicyclic) bond motifs is 1. The minimum Gasteiger partial charge on any atom is -0.496 e. The van der Waals surface area contributed by atoms with Crippen molar-refractivity contribution >= 4 is 5.97 Å². The lowest BCUT2D eigenvalue weighted by Gasteiger charge is -2.39. The topological polar surface area (TPSA) is 68.2 Å². The Morgan fingerprint density at radius 2 is 2.21 bits per heavy atom. The highest BCUT2D eigenvalue weighted by atomic mass is 16.7. The van der Waals surface area contributed by atoms with Crippen LogP contribution < -0.4 is 14.2 Å². The van der Waals surface area contributed by atoms with Gasteiger partial charge in [0.05, 0.1) is 12.5 Å². The average Bonchev–Trinajstić information content (AvgIpc) is 3.01. The molecule has 0 bridgehead atoms. The highest BCUT2D eigenvalue weighted by Crippen LogP contribution is 2.40. The van der Waals surface area contributed by atoms with E-state index in [1.807, 2.05) is 12.1 Å². The number of likely N-dealkylation sites (tertiary alicyclic amines) is 1. The van der Waals surface area contributed by atoms with Gasteiger partial charge in [0.25, 0.3) is 0 Å². The van der Waals surface area contributed by atoms with Crippen LogP contribution >= 0.6 is 0 Å². The van der Waals surface area contributed by atoms with E-state index < -0.39 is 11.4 Å². The molecule has 1 fully saturated rings. The Morgan fingerprint density at radius 1 is 1.46 bits per heavy atom. The molecule has 0 radical (unpaired) electrons. The third-order valence-corrected chi connectivity index (χ3v) is 4.81. The number of carboxylic acid groups (broad SMARTS) is 1. The fourth-order valence-electron chi connectivity index (χ4n) is 3.59. The van der Waals surface area contributed by atoms with Crippen molar-refractivity contribution in [3.05, 3.63) is 30.4 Å². The number of piperidine rings is 1. The van der Waals surface area contributed by atoms with Gasteiger partial charge >= 0.3 is 5.97 Å². The summed E-state index contributed by atoms with van der Waals surface area (Å²) >= 11 is 0. The Labute approximate surface area is 141 Å². The zero-order chi connectivity index (χ0) is 17.2. The fourth-order valence-corrected chi connectivity index (χ4v) is 3.59. The largest absolute Gasteiger partial charge is 0.496 e. The van der Waals surface area contributed by atoms with E-state index in [4.69, 9.17) is 14.2 Å². The number of hydrogen-bond acceptors (Lipinski definition) is 5. The van der Waals surface area contributed by atoms with Crippen molar-refractivity contribution in [3.8, 4) is 17.2 Å². The zero-order valence-electron chi connectivity index (χ0n) is 13.9. The first-order valence-electron chi connectivity index (χ1n) is 8.11. The number of methoxy groups -OCH3 is 1. The predicted molar refractivity (Wildman–Crippen MR) is 88.5 cm³/mol. The van der Waals surface area contributed by atoms with Gasteiger partial charge in [0, 0.05) is 24.7 Å². The molecule has 1 N–H and O–H groups in total. The van der Waals surface area contributed by atoms with Crippen molar-refractivity contribution in [1.82, 2.24) is 4.90 Å². The number of rotatable bonds is 6. The smallest absolute Gasteiger partial charge is 0.311 e. The van der Waals surface area contributed by atoms with E-state index in [0.29, 0.717) is 37.4 Å². The fraction of sp³-hybridized carbons (Fsp3) is 0.500. The van der Waals surface area contributed by atoms with E-state index in [9.17, 15) is 9.90 Å². The number of hydrogen-bond donors (Lipinski definition) is 1. The van der Waals surface area contributed by atoms with Gasteiger partial charge in [-0.1, -0.05) is 6.08 Å². The van der Waals surface area contributed by atoms with E-state index in [2.05, 4.69) is 11.5 Å². The monoisotopic (exact) mass is 333 g/mol. The van der Waals surface area contributed by atoms with Gasteiger partial charge in [-0.05, 0) is 31.9 Å². The van der Waals surface area contributed by atoms with Gasteiger partial charge in [-0.25, -0.2) is 0 Å². The summed E-state index contributed by atoms with van der Waals surface area (Å²) in [6.07, 6.45) is 3.73. The molecule has 0 saturated carbocycles. The lowest BCUT2D eigenvalue weighted by molar-refractivity contribution is -0.152. The zero-order valence-corrected chi connectivity index (χ0v) is 13.9. The van der Waals surface area contributed by atoms with Crippen molar-refractivity contribution in [2.24, 2.45) is 5.41 Å². The Morgan fingerprint density at radius 3 is 2.88 bits per heavy atom. The molecule has 0 spiro atoms. The maximum atomic E-state index is 11.8. The van der Waals surface area contributed by atoms with Gasteiger partial charge in [-0.15, -0.1) is 6.58 Å². The molecule has 0 aromatic heterocycles. The molecule has 1 saturated heterocycles. The predicted octanol–water partition coefficient (Wildman–Crippen LogP) is 2.67. The van der Waals surface area contributed by atoms with Crippen LogP contribution in [0.5, 0.6) is 17.2 Å². The molecule has 2 aliphatic heterocycles. The molecule has 1 atom stereocenters. The van der Waals surface area contributed by atoms with Crippen LogP contribution in [0.1, 0.15) is 24.8 Å². The molecular formula is C18H23NO5. The van der Waals surface area contributed by atoms with Gasteiger partial charge in [-0.2, -0.15) is 0 Å². The van der Waals surface area contributed by atoms with Gasteiger partial charge in [0.1, 0.15) is 5.75 Å². The lowest BCUT2D eigenvalue weighted by Crippen LogP contribution is -2.47. The number of aliphatic carboxylic acids is 1. The second kappa shape index (κ2) is 6.73. The quantitative estimate of drug-likeness (QED) is 0.807. The van der Waals surface area contributed by atoms with Crippen molar-refractivity contribution in [2.75, 3.05) is 27.0 Å². The molecule has 0 amide bonds. The van der Waals surface area contributed by atoms with Gasteiger partial charge in [-0.3, -0.25) is 9.69 Å². The molecule has 6 nitrogen and oxygen atoms in total. The molecule has 3 rings (SSSR count). The lowest BCUT2D eigenvalue weighted by atomic mass is 9.77. The Balaban J connectivity index is 1.80. The van der Waals surface area contributed by atoms with E-state index in [1.165, 1.54) is 0 Å². The molecule has 130 valence electrons. The van der Waals surface area contributed by atoms with Crippen molar-refractivity contribution < 1.29 is 24.1 Å². The third-order valence-electron chi connectivity index (χ3n) is 4.81. The van der Waals surface area contributed by atoms with Gasteiger partial charge < -0.3 is 19.3 Å². The van der Waals surface area contributed by atoms with Gasteiger partial charge in [0.2, 0.25) is 6.79 Å². The van der Waals surface area contributed by atoms with E-state index in [0.717, 1.165) is 24.3 Å². The Bertz CT molecular complexity index is 645. The highest BCUT2D eigenvalue weighted by molar-refractivity contribution is 5.75. The molecule has 6 heteroatoms. The van der Waals surface area contributed by atoms with Crippen LogP contribution in [0.4, 0.5) is 0 Å². The maximum absolute atomic E-state index is 11.8.